The van der Waals surface area contributed by atoms with Gasteiger partial charge < -0.3 is 9.99 Å². The van der Waals surface area contributed by atoms with Crippen LogP contribution in [-0.2, 0) is 14.0 Å². The van der Waals surface area contributed by atoms with E-state index in [4.69, 9.17) is 14.3 Å². The lowest BCUT2D eigenvalue weighted by atomic mass is 10.2. The lowest BCUT2D eigenvalue weighted by Gasteiger charge is -2.09. The molecule has 1 fully saturated rings. The van der Waals surface area contributed by atoms with Gasteiger partial charge in [0.1, 0.15) is 5.82 Å². The summed E-state index contributed by atoms with van der Waals surface area (Å²) in [5.74, 6) is 0.366. The van der Waals surface area contributed by atoms with Gasteiger partial charge in [0, 0.05) is 18.2 Å². The van der Waals surface area contributed by atoms with E-state index in [0.717, 1.165) is 30.6 Å². The van der Waals surface area contributed by atoms with Gasteiger partial charge in [0.05, 0.1) is 0 Å². The topological polar surface area (TPSA) is 67.8 Å². The van der Waals surface area contributed by atoms with E-state index in [2.05, 4.69) is 4.72 Å². The van der Waals surface area contributed by atoms with Crippen molar-refractivity contribution in [2.45, 2.75) is 32.1 Å². The molecule has 122 valence electrons. The Morgan fingerprint density at radius 3 is 2.68 bits per heavy atom. The Labute approximate surface area is 131 Å². The molecule has 0 bridgehead atoms. The van der Waals surface area contributed by atoms with Crippen LogP contribution in [0.4, 0.5) is 4.39 Å². The first-order chi connectivity index (χ1) is 10.6. The van der Waals surface area contributed by atoms with Crippen molar-refractivity contribution in [3.05, 3.63) is 41.5 Å². The summed E-state index contributed by atoms with van der Waals surface area (Å²) in [4.78, 5) is 15.5. The van der Waals surface area contributed by atoms with Crippen molar-refractivity contribution in [2.24, 2.45) is 0 Å². The summed E-state index contributed by atoms with van der Waals surface area (Å²) in [6, 6.07) is 6.11. The highest BCUT2D eigenvalue weighted by molar-refractivity contribution is 8.11. The van der Waals surface area contributed by atoms with Crippen LogP contribution in [0, 0.1) is 5.82 Å². The van der Waals surface area contributed by atoms with E-state index in [1.807, 2.05) is 0 Å². The van der Waals surface area contributed by atoms with E-state index in [1.165, 1.54) is 12.1 Å². The van der Waals surface area contributed by atoms with E-state index >= 15 is 0 Å². The van der Waals surface area contributed by atoms with Gasteiger partial charge in [-0.25, -0.2) is 4.39 Å². The summed E-state index contributed by atoms with van der Waals surface area (Å²) in [5.41, 5.74) is 0.832. The quantitative estimate of drug-likeness (QED) is 0.387. The van der Waals surface area contributed by atoms with Gasteiger partial charge >= 0.3 is 5.97 Å². The fourth-order valence-electron chi connectivity index (χ4n) is 1.99. The standard InChI is InChI=1S/C15H20FNO4S/c16-13-8-6-12(7-9-13)11-14-17-22(21-20-14)10-4-2-1-3-5-15(18)19/h6-9,11,17,22H,1-5,10H2,(H,18,19)/b14-11-. The second kappa shape index (κ2) is 8.65. The van der Waals surface area contributed by atoms with E-state index < -0.39 is 17.3 Å². The second-order valence-electron chi connectivity index (χ2n) is 4.99. The molecule has 0 aromatic heterocycles. The molecule has 0 amide bonds. The molecule has 1 heterocycles. The molecule has 0 aliphatic carbocycles. The molecule has 22 heavy (non-hydrogen) atoms. The van der Waals surface area contributed by atoms with Crippen LogP contribution in [0.2, 0.25) is 0 Å². The lowest BCUT2D eigenvalue weighted by molar-refractivity contribution is -0.137. The molecule has 0 saturated carbocycles. The average Bonchev–Trinajstić information content (AvgIpc) is 2.92. The molecular formula is C15H20FNO4S. The summed E-state index contributed by atoms with van der Waals surface area (Å²) in [6.07, 6.45) is 5.56. The molecule has 2 rings (SSSR count). The predicted molar refractivity (Wildman–Crippen MR) is 84.3 cm³/mol. The number of hydrogen-bond donors (Lipinski definition) is 3. The molecule has 2 N–H and O–H groups in total. The third-order valence-corrected chi connectivity index (χ3v) is 4.57. The maximum absolute atomic E-state index is 12.8. The Kier molecular flexibility index (Phi) is 6.54. The predicted octanol–water partition coefficient (Wildman–Crippen LogP) is 3.54. The molecule has 5 nitrogen and oxygen atoms in total. The van der Waals surface area contributed by atoms with Crippen molar-refractivity contribution in [3.63, 3.8) is 0 Å². The Bertz CT molecular complexity index is 521. The van der Waals surface area contributed by atoms with Crippen molar-refractivity contribution < 1.29 is 23.5 Å². The number of rotatable bonds is 8. The average molecular weight is 329 g/mol. The number of carboxylic acid groups (broad SMARTS) is 1. The fourth-order valence-corrected chi connectivity index (χ4v) is 3.24. The zero-order chi connectivity index (χ0) is 15.8. The molecule has 1 aliphatic heterocycles. The largest absolute Gasteiger partial charge is 0.481 e. The lowest BCUT2D eigenvalue weighted by Crippen LogP contribution is -2.03. The third kappa shape index (κ3) is 5.95. The van der Waals surface area contributed by atoms with Gasteiger partial charge in [-0.05, 0) is 41.9 Å². The minimum Gasteiger partial charge on any atom is -0.481 e. The molecular weight excluding hydrogens is 309 g/mol. The number of hydrogen-bond acceptors (Lipinski definition) is 4. The van der Waals surface area contributed by atoms with Crippen LogP contribution in [-0.4, -0.2) is 16.8 Å². The van der Waals surface area contributed by atoms with E-state index in [9.17, 15) is 9.18 Å². The van der Waals surface area contributed by atoms with Crippen LogP contribution < -0.4 is 4.72 Å². The number of benzene rings is 1. The van der Waals surface area contributed by atoms with Crippen LogP contribution in [0.25, 0.3) is 6.08 Å². The van der Waals surface area contributed by atoms with Crippen LogP contribution in [0.5, 0.6) is 0 Å². The molecule has 1 aromatic carbocycles. The number of carbonyl (C=O) groups is 1. The first-order valence-corrected chi connectivity index (χ1v) is 8.66. The minimum absolute atomic E-state index is 0.233. The number of thiol groups is 1. The Balaban J connectivity index is 1.65. The first-order valence-electron chi connectivity index (χ1n) is 7.21. The van der Waals surface area contributed by atoms with Crippen LogP contribution >= 0.6 is 11.4 Å². The van der Waals surface area contributed by atoms with E-state index in [0.29, 0.717) is 12.3 Å². The van der Waals surface area contributed by atoms with Gasteiger partial charge in [-0.3, -0.25) is 9.52 Å². The molecule has 0 radical (unpaired) electrons. The minimum atomic E-state index is -0.851. The Morgan fingerprint density at radius 2 is 1.95 bits per heavy atom. The maximum atomic E-state index is 12.8. The zero-order valence-corrected chi connectivity index (χ0v) is 13.0. The van der Waals surface area contributed by atoms with Gasteiger partial charge in [0.2, 0.25) is 5.88 Å². The highest BCUT2D eigenvalue weighted by Crippen LogP contribution is 2.33. The van der Waals surface area contributed by atoms with Gasteiger partial charge in [-0.15, -0.1) is 4.33 Å². The molecule has 1 aliphatic rings. The molecule has 1 unspecified atom stereocenters. The van der Waals surface area contributed by atoms with Crippen LogP contribution in [0.3, 0.4) is 0 Å². The summed E-state index contributed by atoms with van der Waals surface area (Å²) in [7, 11) is 0. The number of carboxylic acids is 1. The molecule has 1 aromatic rings. The SMILES string of the molecule is O=C(O)CCCCCC[SH]1N/C(=C/c2ccc(F)cc2)OO1. The van der Waals surface area contributed by atoms with Crippen LogP contribution in [0.1, 0.15) is 37.7 Å². The van der Waals surface area contributed by atoms with Gasteiger partial charge in [-0.2, -0.15) is 0 Å². The van der Waals surface area contributed by atoms with Crippen molar-refractivity contribution in [1.82, 2.24) is 4.72 Å². The summed E-state index contributed by atoms with van der Waals surface area (Å²) < 4.78 is 21.2. The highest BCUT2D eigenvalue weighted by atomic mass is 32.2. The monoisotopic (exact) mass is 329 g/mol. The van der Waals surface area contributed by atoms with Crippen molar-refractivity contribution >= 4 is 23.4 Å². The third-order valence-electron chi connectivity index (χ3n) is 3.12. The number of aliphatic carboxylic acids is 1. The van der Waals surface area contributed by atoms with Crippen molar-refractivity contribution in [2.75, 3.05) is 5.75 Å². The van der Waals surface area contributed by atoms with Gasteiger partial charge in [0.25, 0.3) is 0 Å². The summed E-state index contributed by atoms with van der Waals surface area (Å²) in [5, 5.41) is 8.54. The Hall–Kier alpha value is -1.73. The fraction of sp³-hybridized carbons (Fsp3) is 0.400. The first kappa shape index (κ1) is 16.6. The second-order valence-corrected chi connectivity index (χ2v) is 6.57. The molecule has 1 saturated heterocycles. The normalized spacial score (nSPS) is 20.6. The summed E-state index contributed by atoms with van der Waals surface area (Å²) >= 11 is -0.851. The number of unbranched alkanes of at least 4 members (excludes halogenated alkanes) is 3. The Morgan fingerprint density at radius 1 is 1.23 bits per heavy atom. The van der Waals surface area contributed by atoms with Crippen molar-refractivity contribution in [3.8, 4) is 0 Å². The maximum Gasteiger partial charge on any atom is 0.303 e. The van der Waals surface area contributed by atoms with Crippen LogP contribution in [0.15, 0.2) is 30.1 Å². The smallest absolute Gasteiger partial charge is 0.303 e. The van der Waals surface area contributed by atoms with Crippen molar-refractivity contribution in [1.29, 1.82) is 0 Å². The number of halogens is 1. The number of nitrogens with one attached hydrogen (secondary N) is 1. The molecule has 1 atom stereocenters. The summed E-state index contributed by atoms with van der Waals surface area (Å²) in [6.45, 7) is 0. The molecule has 0 spiro atoms. The zero-order valence-electron chi connectivity index (χ0n) is 12.1. The van der Waals surface area contributed by atoms with E-state index in [-0.39, 0.29) is 12.2 Å². The highest BCUT2D eigenvalue weighted by Gasteiger charge is 2.17. The van der Waals surface area contributed by atoms with Gasteiger partial charge in [-0.1, -0.05) is 25.0 Å². The van der Waals surface area contributed by atoms with Gasteiger partial charge in [0.15, 0.2) is 0 Å². The van der Waals surface area contributed by atoms with E-state index in [1.54, 1.807) is 18.2 Å². The molecule has 7 heteroatoms.